The van der Waals surface area contributed by atoms with Crippen LogP contribution in [-0.4, -0.2) is 23.3 Å². The molecule has 27 heavy (non-hydrogen) atoms. The number of carbonyl (C=O) groups excluding carboxylic acids is 2. The SMILES string of the molecule is CC(=O)Nc1ccc(-c2nc(CCNC(=O)c3cccc(Cl)c3)cs2)cc1. The minimum absolute atomic E-state index is 0.0980. The van der Waals surface area contributed by atoms with Crippen LogP contribution in [-0.2, 0) is 11.2 Å². The largest absolute Gasteiger partial charge is 0.352 e. The molecule has 5 nitrogen and oxygen atoms in total. The van der Waals surface area contributed by atoms with E-state index in [9.17, 15) is 9.59 Å². The van der Waals surface area contributed by atoms with Gasteiger partial charge in [0.2, 0.25) is 5.91 Å². The summed E-state index contributed by atoms with van der Waals surface area (Å²) in [6.07, 6.45) is 0.646. The van der Waals surface area contributed by atoms with Gasteiger partial charge in [0, 0.05) is 47.1 Å². The van der Waals surface area contributed by atoms with Crippen molar-refractivity contribution >= 4 is 40.4 Å². The predicted octanol–water partition coefficient (Wildman–Crippen LogP) is 4.39. The number of rotatable bonds is 6. The van der Waals surface area contributed by atoms with E-state index in [0.29, 0.717) is 23.6 Å². The van der Waals surface area contributed by atoms with Gasteiger partial charge in [0.05, 0.1) is 5.69 Å². The summed E-state index contributed by atoms with van der Waals surface area (Å²) in [6, 6.07) is 14.4. The summed E-state index contributed by atoms with van der Waals surface area (Å²) in [7, 11) is 0. The Bertz CT molecular complexity index is 954. The third kappa shape index (κ3) is 5.39. The fourth-order valence-corrected chi connectivity index (χ4v) is 3.54. The van der Waals surface area contributed by atoms with Gasteiger partial charge >= 0.3 is 0 Å². The van der Waals surface area contributed by atoms with Crippen LogP contribution in [0.5, 0.6) is 0 Å². The molecule has 0 aliphatic rings. The number of halogens is 1. The molecule has 0 aliphatic carbocycles. The number of anilines is 1. The van der Waals surface area contributed by atoms with Gasteiger partial charge in [-0.15, -0.1) is 11.3 Å². The van der Waals surface area contributed by atoms with Crippen molar-refractivity contribution in [3.05, 3.63) is 70.2 Å². The second-order valence-corrected chi connectivity index (χ2v) is 7.21. The number of amides is 2. The Balaban J connectivity index is 1.55. The van der Waals surface area contributed by atoms with Crippen molar-refractivity contribution in [2.24, 2.45) is 0 Å². The Labute approximate surface area is 166 Å². The van der Waals surface area contributed by atoms with E-state index in [0.717, 1.165) is 22.0 Å². The smallest absolute Gasteiger partial charge is 0.251 e. The number of carbonyl (C=O) groups is 2. The van der Waals surface area contributed by atoms with Gasteiger partial charge in [0.1, 0.15) is 5.01 Å². The van der Waals surface area contributed by atoms with Crippen LogP contribution < -0.4 is 10.6 Å². The van der Waals surface area contributed by atoms with Crippen LogP contribution in [0.15, 0.2) is 53.9 Å². The number of nitrogens with one attached hydrogen (secondary N) is 2. The maximum absolute atomic E-state index is 12.1. The second-order valence-electron chi connectivity index (χ2n) is 5.92. The highest BCUT2D eigenvalue weighted by atomic mass is 35.5. The van der Waals surface area contributed by atoms with Crippen molar-refractivity contribution in [3.8, 4) is 10.6 Å². The molecule has 7 heteroatoms. The molecule has 0 aliphatic heterocycles. The summed E-state index contributed by atoms with van der Waals surface area (Å²) < 4.78 is 0. The molecular weight excluding hydrogens is 382 g/mol. The lowest BCUT2D eigenvalue weighted by molar-refractivity contribution is -0.114. The summed E-state index contributed by atoms with van der Waals surface area (Å²) >= 11 is 7.46. The van der Waals surface area contributed by atoms with E-state index in [1.807, 2.05) is 29.6 Å². The zero-order chi connectivity index (χ0) is 19.2. The summed E-state index contributed by atoms with van der Waals surface area (Å²) in [5.74, 6) is -0.249. The van der Waals surface area contributed by atoms with Crippen LogP contribution in [0.1, 0.15) is 23.0 Å². The first kappa shape index (κ1) is 19.1. The van der Waals surface area contributed by atoms with Crippen LogP contribution in [0, 0.1) is 0 Å². The van der Waals surface area contributed by atoms with Crippen molar-refractivity contribution in [1.29, 1.82) is 0 Å². The van der Waals surface area contributed by atoms with E-state index in [4.69, 9.17) is 11.6 Å². The molecule has 0 atom stereocenters. The molecule has 0 saturated carbocycles. The molecule has 1 aromatic heterocycles. The van der Waals surface area contributed by atoms with Gasteiger partial charge in [0.15, 0.2) is 0 Å². The highest BCUT2D eigenvalue weighted by Gasteiger charge is 2.08. The Morgan fingerprint density at radius 2 is 1.93 bits per heavy atom. The Morgan fingerprint density at radius 1 is 1.15 bits per heavy atom. The molecule has 1 heterocycles. The molecule has 0 spiro atoms. The first-order chi connectivity index (χ1) is 13.0. The molecular formula is C20H18ClN3O2S. The number of thiazole rings is 1. The van der Waals surface area contributed by atoms with Crippen LogP contribution in [0.3, 0.4) is 0 Å². The lowest BCUT2D eigenvalue weighted by atomic mass is 10.2. The van der Waals surface area contributed by atoms with E-state index in [1.54, 1.807) is 35.6 Å². The molecule has 0 bridgehead atoms. The van der Waals surface area contributed by atoms with Gasteiger partial charge in [-0.1, -0.05) is 17.7 Å². The van der Waals surface area contributed by atoms with Gasteiger partial charge in [-0.05, 0) is 42.5 Å². The molecule has 0 fully saturated rings. The molecule has 2 N–H and O–H groups in total. The van der Waals surface area contributed by atoms with Gasteiger partial charge in [-0.25, -0.2) is 4.98 Å². The topological polar surface area (TPSA) is 71.1 Å². The monoisotopic (exact) mass is 399 g/mol. The zero-order valence-corrected chi connectivity index (χ0v) is 16.2. The minimum Gasteiger partial charge on any atom is -0.352 e. The number of nitrogens with zero attached hydrogens (tertiary/aromatic N) is 1. The summed E-state index contributed by atoms with van der Waals surface area (Å²) in [5.41, 5.74) is 3.21. The Hall–Kier alpha value is -2.70. The first-order valence-electron chi connectivity index (χ1n) is 8.37. The molecule has 2 amide bonds. The number of hydrogen-bond donors (Lipinski definition) is 2. The third-order valence-corrected chi connectivity index (χ3v) is 4.93. The summed E-state index contributed by atoms with van der Waals surface area (Å²) in [4.78, 5) is 27.8. The van der Waals surface area contributed by atoms with Crippen molar-refractivity contribution < 1.29 is 9.59 Å². The van der Waals surface area contributed by atoms with Crippen molar-refractivity contribution in [1.82, 2.24) is 10.3 Å². The van der Waals surface area contributed by atoms with Crippen molar-refractivity contribution in [3.63, 3.8) is 0 Å². The highest BCUT2D eigenvalue weighted by Crippen LogP contribution is 2.25. The molecule has 0 unspecified atom stereocenters. The zero-order valence-electron chi connectivity index (χ0n) is 14.7. The standard InChI is InChI=1S/C20H18ClN3O2S/c1-13(25)23-17-7-5-14(6-8-17)20-24-18(12-27-20)9-10-22-19(26)15-3-2-4-16(21)11-15/h2-8,11-12H,9-10H2,1H3,(H,22,26)(H,23,25). The van der Waals surface area contributed by atoms with Gasteiger partial charge in [0.25, 0.3) is 5.91 Å². The van der Waals surface area contributed by atoms with Crippen molar-refractivity contribution in [2.75, 3.05) is 11.9 Å². The molecule has 3 aromatic rings. The third-order valence-electron chi connectivity index (χ3n) is 3.76. The normalized spacial score (nSPS) is 10.4. The fraction of sp³-hybridized carbons (Fsp3) is 0.150. The highest BCUT2D eigenvalue weighted by molar-refractivity contribution is 7.13. The molecule has 2 aromatic carbocycles. The number of aromatic nitrogens is 1. The average molecular weight is 400 g/mol. The average Bonchev–Trinajstić information content (AvgIpc) is 3.10. The molecule has 3 rings (SSSR count). The molecule has 0 radical (unpaired) electrons. The van der Waals surface area contributed by atoms with Crippen LogP contribution >= 0.6 is 22.9 Å². The predicted molar refractivity (Wildman–Crippen MR) is 109 cm³/mol. The van der Waals surface area contributed by atoms with E-state index < -0.39 is 0 Å². The minimum atomic E-state index is -0.151. The van der Waals surface area contributed by atoms with Crippen LogP contribution in [0.4, 0.5) is 5.69 Å². The van der Waals surface area contributed by atoms with Gasteiger partial charge < -0.3 is 10.6 Å². The lowest BCUT2D eigenvalue weighted by Crippen LogP contribution is -2.25. The summed E-state index contributed by atoms with van der Waals surface area (Å²) in [5, 5.41) is 9.05. The van der Waals surface area contributed by atoms with Crippen LogP contribution in [0.2, 0.25) is 5.02 Å². The Morgan fingerprint density at radius 3 is 2.63 bits per heavy atom. The van der Waals surface area contributed by atoms with E-state index >= 15 is 0 Å². The second kappa shape index (κ2) is 8.79. The number of benzene rings is 2. The maximum atomic E-state index is 12.1. The van der Waals surface area contributed by atoms with E-state index in [2.05, 4.69) is 15.6 Å². The molecule has 138 valence electrons. The Kier molecular flexibility index (Phi) is 6.21. The lowest BCUT2D eigenvalue weighted by Gasteiger charge is -2.04. The van der Waals surface area contributed by atoms with Gasteiger partial charge in [-0.2, -0.15) is 0 Å². The molecule has 0 saturated heterocycles. The van der Waals surface area contributed by atoms with Gasteiger partial charge in [-0.3, -0.25) is 9.59 Å². The van der Waals surface area contributed by atoms with E-state index in [-0.39, 0.29) is 11.8 Å². The quantitative estimate of drug-likeness (QED) is 0.645. The number of hydrogen-bond acceptors (Lipinski definition) is 4. The fourth-order valence-electron chi connectivity index (χ4n) is 2.49. The summed E-state index contributed by atoms with van der Waals surface area (Å²) in [6.45, 7) is 1.97. The maximum Gasteiger partial charge on any atom is 0.251 e. The first-order valence-corrected chi connectivity index (χ1v) is 9.63. The van der Waals surface area contributed by atoms with E-state index in [1.165, 1.54) is 6.92 Å². The van der Waals surface area contributed by atoms with Crippen molar-refractivity contribution in [2.45, 2.75) is 13.3 Å². The van der Waals surface area contributed by atoms with Crippen LogP contribution in [0.25, 0.3) is 10.6 Å².